The molecule has 0 spiro atoms. The zero-order chi connectivity index (χ0) is 14.7. The van der Waals surface area contributed by atoms with Crippen LogP contribution in [0.4, 0.5) is 11.4 Å². The molecule has 1 aliphatic carbocycles. The number of benzene rings is 1. The first-order valence-electron chi connectivity index (χ1n) is 7.05. The van der Waals surface area contributed by atoms with Crippen LogP contribution in [0, 0.1) is 6.92 Å². The summed E-state index contributed by atoms with van der Waals surface area (Å²) in [5.74, 6) is -0.178. The Morgan fingerprint density at radius 1 is 1.40 bits per heavy atom. The van der Waals surface area contributed by atoms with E-state index < -0.39 is 16.0 Å². The molecule has 110 valence electrons. The van der Waals surface area contributed by atoms with Crippen molar-refractivity contribution < 1.29 is 9.00 Å². The highest BCUT2D eigenvalue weighted by Gasteiger charge is 2.29. The molecule has 2 unspecified atom stereocenters. The third-order valence-electron chi connectivity index (χ3n) is 3.86. The van der Waals surface area contributed by atoms with Gasteiger partial charge in [0.05, 0.1) is 0 Å². The van der Waals surface area contributed by atoms with Gasteiger partial charge in [0, 0.05) is 27.4 Å². The van der Waals surface area contributed by atoms with Crippen LogP contribution in [-0.4, -0.2) is 20.6 Å². The summed E-state index contributed by atoms with van der Waals surface area (Å²) < 4.78 is 12.3. The Balaban J connectivity index is 2.01. The average Bonchev–Trinajstić information content (AvgIpc) is 2.94. The van der Waals surface area contributed by atoms with Gasteiger partial charge in [0.15, 0.2) is 0 Å². The summed E-state index contributed by atoms with van der Waals surface area (Å²) in [5.41, 5.74) is 8.01. The minimum Gasteiger partial charge on any atom is -0.399 e. The Labute approximate surface area is 122 Å². The van der Waals surface area contributed by atoms with E-state index in [0.29, 0.717) is 5.69 Å². The summed E-state index contributed by atoms with van der Waals surface area (Å²) in [6.45, 7) is 3.64. The molecule has 1 aliphatic rings. The molecule has 3 N–H and O–H groups in total. The fourth-order valence-corrected chi connectivity index (χ4v) is 4.22. The number of hydrogen-bond acceptors (Lipinski definition) is 3. The maximum atomic E-state index is 12.3. The van der Waals surface area contributed by atoms with Gasteiger partial charge in [0.25, 0.3) is 0 Å². The lowest BCUT2D eigenvalue weighted by atomic mass is 10.2. The van der Waals surface area contributed by atoms with Gasteiger partial charge in [-0.05, 0) is 50.5 Å². The molecule has 1 fully saturated rings. The van der Waals surface area contributed by atoms with Crippen LogP contribution in [0.2, 0.25) is 0 Å². The van der Waals surface area contributed by atoms with Gasteiger partial charge in [0.1, 0.15) is 5.25 Å². The lowest BCUT2D eigenvalue weighted by Crippen LogP contribution is -2.33. The van der Waals surface area contributed by atoms with E-state index in [4.69, 9.17) is 5.73 Å². The van der Waals surface area contributed by atoms with Crippen molar-refractivity contribution in [2.24, 2.45) is 0 Å². The molecule has 1 amide bonds. The number of anilines is 2. The number of amides is 1. The molecular weight excluding hydrogens is 272 g/mol. The molecule has 1 saturated carbocycles. The van der Waals surface area contributed by atoms with Crippen LogP contribution in [0.3, 0.4) is 0 Å². The summed E-state index contributed by atoms with van der Waals surface area (Å²) in [7, 11) is -1.09. The van der Waals surface area contributed by atoms with Gasteiger partial charge in [-0.15, -0.1) is 0 Å². The summed E-state index contributed by atoms with van der Waals surface area (Å²) >= 11 is 0. The molecule has 0 heterocycles. The maximum absolute atomic E-state index is 12.3. The van der Waals surface area contributed by atoms with Gasteiger partial charge < -0.3 is 11.1 Å². The van der Waals surface area contributed by atoms with Crippen LogP contribution in [0.25, 0.3) is 0 Å². The highest BCUT2D eigenvalue weighted by Crippen LogP contribution is 2.25. The van der Waals surface area contributed by atoms with Crippen LogP contribution < -0.4 is 11.1 Å². The third-order valence-corrected chi connectivity index (χ3v) is 5.90. The number of rotatable bonds is 4. The van der Waals surface area contributed by atoms with Gasteiger partial charge in [-0.3, -0.25) is 9.00 Å². The number of nitrogen functional groups attached to an aromatic ring is 1. The molecular formula is C15H22N2O2S. The second kappa shape index (κ2) is 6.39. The number of aryl methyl sites for hydroxylation is 1. The van der Waals surface area contributed by atoms with Gasteiger partial charge >= 0.3 is 0 Å². The molecule has 5 heteroatoms. The molecule has 0 aromatic heterocycles. The zero-order valence-electron chi connectivity index (χ0n) is 12.0. The van der Waals surface area contributed by atoms with Gasteiger partial charge in [-0.1, -0.05) is 12.8 Å². The Hall–Kier alpha value is -1.36. The molecule has 0 aliphatic heterocycles. The van der Waals surface area contributed by atoms with E-state index in [0.717, 1.165) is 36.9 Å². The number of nitrogens with two attached hydrogens (primary N) is 1. The van der Waals surface area contributed by atoms with E-state index in [1.54, 1.807) is 19.1 Å². The van der Waals surface area contributed by atoms with E-state index >= 15 is 0 Å². The normalized spacial score (nSPS) is 18.7. The van der Waals surface area contributed by atoms with Crippen molar-refractivity contribution in [3.05, 3.63) is 23.8 Å². The number of carbonyl (C=O) groups is 1. The molecule has 2 atom stereocenters. The van der Waals surface area contributed by atoms with Gasteiger partial charge in [-0.25, -0.2) is 0 Å². The minimum absolute atomic E-state index is 0.178. The first-order chi connectivity index (χ1) is 9.49. The predicted molar refractivity (Wildman–Crippen MR) is 84.1 cm³/mol. The second-order valence-electron chi connectivity index (χ2n) is 5.44. The fourth-order valence-electron chi connectivity index (χ4n) is 2.58. The van der Waals surface area contributed by atoms with Crippen molar-refractivity contribution in [2.45, 2.75) is 50.0 Å². The number of nitrogens with one attached hydrogen (secondary N) is 1. The highest BCUT2D eigenvalue weighted by molar-refractivity contribution is 7.87. The average molecular weight is 294 g/mol. The number of hydrogen-bond donors (Lipinski definition) is 2. The van der Waals surface area contributed by atoms with E-state index in [9.17, 15) is 9.00 Å². The standard InChI is InChI=1S/C15H22N2O2S/c1-10-9-12(16)7-8-14(10)17-15(18)11(2)20(19)13-5-3-4-6-13/h7-9,11,13H,3-6,16H2,1-2H3,(H,17,18). The van der Waals surface area contributed by atoms with Gasteiger partial charge in [0.2, 0.25) is 5.91 Å². The Morgan fingerprint density at radius 3 is 2.65 bits per heavy atom. The Morgan fingerprint density at radius 2 is 2.05 bits per heavy atom. The zero-order valence-corrected chi connectivity index (χ0v) is 12.8. The smallest absolute Gasteiger partial charge is 0.239 e. The predicted octanol–water partition coefficient (Wildman–Crippen LogP) is 2.60. The van der Waals surface area contributed by atoms with Crippen LogP contribution in [-0.2, 0) is 15.6 Å². The quantitative estimate of drug-likeness (QED) is 0.838. The SMILES string of the molecule is Cc1cc(N)ccc1NC(=O)C(C)S(=O)C1CCCC1. The Kier molecular flexibility index (Phi) is 4.81. The maximum Gasteiger partial charge on any atom is 0.239 e. The summed E-state index contributed by atoms with van der Waals surface area (Å²) in [5, 5.41) is 2.56. The van der Waals surface area contributed by atoms with E-state index in [1.165, 1.54) is 0 Å². The molecule has 2 rings (SSSR count). The first-order valence-corrected chi connectivity index (χ1v) is 8.33. The van der Waals surface area contributed by atoms with Crippen LogP contribution in [0.15, 0.2) is 18.2 Å². The lowest BCUT2D eigenvalue weighted by Gasteiger charge is -2.17. The molecule has 20 heavy (non-hydrogen) atoms. The van der Waals surface area contributed by atoms with Crippen LogP contribution in [0.1, 0.15) is 38.2 Å². The molecule has 1 aromatic carbocycles. The van der Waals surface area contributed by atoms with E-state index in [-0.39, 0.29) is 11.2 Å². The van der Waals surface area contributed by atoms with Gasteiger partial charge in [-0.2, -0.15) is 0 Å². The summed E-state index contributed by atoms with van der Waals surface area (Å²) in [6, 6.07) is 5.35. The van der Waals surface area contributed by atoms with E-state index in [1.807, 2.05) is 13.0 Å². The minimum atomic E-state index is -1.09. The summed E-state index contributed by atoms with van der Waals surface area (Å²) in [6.07, 6.45) is 4.21. The first kappa shape index (κ1) is 15.0. The molecule has 0 saturated heterocycles. The summed E-state index contributed by atoms with van der Waals surface area (Å²) in [4.78, 5) is 12.2. The van der Waals surface area contributed by atoms with E-state index in [2.05, 4.69) is 5.32 Å². The van der Waals surface area contributed by atoms with Crippen molar-refractivity contribution in [3.63, 3.8) is 0 Å². The molecule has 1 aromatic rings. The van der Waals surface area contributed by atoms with Crippen LogP contribution in [0.5, 0.6) is 0 Å². The highest BCUT2D eigenvalue weighted by atomic mass is 32.2. The lowest BCUT2D eigenvalue weighted by molar-refractivity contribution is -0.115. The van der Waals surface area contributed by atoms with Crippen molar-refractivity contribution >= 4 is 28.1 Å². The molecule has 0 bridgehead atoms. The van der Waals surface area contributed by atoms with Crippen LogP contribution >= 0.6 is 0 Å². The third kappa shape index (κ3) is 3.39. The monoisotopic (exact) mass is 294 g/mol. The van der Waals surface area contributed by atoms with Crippen molar-refractivity contribution in [3.8, 4) is 0 Å². The fraction of sp³-hybridized carbons (Fsp3) is 0.533. The largest absolute Gasteiger partial charge is 0.399 e. The molecule has 4 nitrogen and oxygen atoms in total. The Bertz CT molecular complexity index is 525. The van der Waals surface area contributed by atoms with Crippen molar-refractivity contribution in [1.29, 1.82) is 0 Å². The topological polar surface area (TPSA) is 72.2 Å². The number of carbonyl (C=O) groups excluding carboxylic acids is 1. The van der Waals surface area contributed by atoms with Crippen molar-refractivity contribution in [2.75, 3.05) is 11.1 Å². The van der Waals surface area contributed by atoms with Crippen molar-refractivity contribution in [1.82, 2.24) is 0 Å². The molecule has 0 radical (unpaired) electrons. The second-order valence-corrected chi connectivity index (χ2v) is 7.47.